The van der Waals surface area contributed by atoms with E-state index in [1.165, 1.54) is 7.11 Å². The van der Waals surface area contributed by atoms with Crippen LogP contribution in [0.2, 0.25) is 0 Å². The van der Waals surface area contributed by atoms with Crippen LogP contribution in [-0.2, 0) is 14.3 Å². The molecule has 1 unspecified atom stereocenters. The molecule has 0 aliphatic rings. The van der Waals surface area contributed by atoms with Gasteiger partial charge in [-0.15, -0.1) is 11.6 Å². The highest BCUT2D eigenvalue weighted by Crippen LogP contribution is 1.96. The molecular formula is C7H12ClNO3. The largest absolute Gasteiger partial charge is 0.468 e. The van der Waals surface area contributed by atoms with E-state index < -0.39 is 5.97 Å². The monoisotopic (exact) mass is 193 g/mol. The molecule has 0 aromatic heterocycles. The molecule has 0 radical (unpaired) electrons. The second-order valence-corrected chi connectivity index (χ2v) is 2.66. The van der Waals surface area contributed by atoms with Crippen LogP contribution in [0.25, 0.3) is 0 Å². The van der Waals surface area contributed by atoms with E-state index >= 15 is 0 Å². The summed E-state index contributed by atoms with van der Waals surface area (Å²) in [5, 5.41) is 2.39. The first kappa shape index (κ1) is 11.2. The summed E-state index contributed by atoms with van der Waals surface area (Å²) < 4.78 is 4.33. The Morgan fingerprint density at radius 3 is 2.58 bits per heavy atom. The third kappa shape index (κ3) is 4.18. The van der Waals surface area contributed by atoms with E-state index in [2.05, 4.69) is 10.1 Å². The van der Waals surface area contributed by atoms with Crippen molar-refractivity contribution in [3.8, 4) is 0 Å². The van der Waals surface area contributed by atoms with Gasteiger partial charge < -0.3 is 10.1 Å². The number of ether oxygens (including phenoxy) is 1. The smallest absolute Gasteiger partial charge is 0.325 e. The van der Waals surface area contributed by atoms with Crippen molar-refractivity contribution in [3.05, 3.63) is 0 Å². The fraction of sp³-hybridized carbons (Fsp3) is 0.714. The topological polar surface area (TPSA) is 55.4 Å². The van der Waals surface area contributed by atoms with Crippen molar-refractivity contribution in [2.24, 2.45) is 5.92 Å². The molecule has 0 aromatic carbocycles. The summed E-state index contributed by atoms with van der Waals surface area (Å²) in [5.74, 6) is -0.746. The van der Waals surface area contributed by atoms with E-state index in [0.29, 0.717) is 0 Å². The zero-order valence-electron chi connectivity index (χ0n) is 7.09. The Hall–Kier alpha value is -0.770. The van der Waals surface area contributed by atoms with Crippen LogP contribution >= 0.6 is 11.6 Å². The van der Waals surface area contributed by atoms with Gasteiger partial charge in [0.05, 0.1) is 7.11 Å². The van der Waals surface area contributed by atoms with E-state index in [9.17, 15) is 9.59 Å². The number of methoxy groups -OCH3 is 1. The molecule has 0 fully saturated rings. The zero-order valence-corrected chi connectivity index (χ0v) is 7.85. The van der Waals surface area contributed by atoms with E-state index in [1.54, 1.807) is 6.92 Å². The molecule has 0 aliphatic heterocycles. The second-order valence-electron chi connectivity index (χ2n) is 2.35. The van der Waals surface area contributed by atoms with Crippen LogP contribution in [0, 0.1) is 5.92 Å². The normalized spacial score (nSPS) is 11.9. The number of carbonyl (C=O) groups is 2. The van der Waals surface area contributed by atoms with Crippen LogP contribution < -0.4 is 5.32 Å². The summed E-state index contributed by atoms with van der Waals surface area (Å²) in [7, 11) is 1.26. The lowest BCUT2D eigenvalue weighted by Crippen LogP contribution is -2.34. The molecule has 0 saturated heterocycles. The van der Waals surface area contributed by atoms with Gasteiger partial charge in [0.15, 0.2) is 0 Å². The van der Waals surface area contributed by atoms with E-state index in [4.69, 9.17) is 11.6 Å². The maximum Gasteiger partial charge on any atom is 0.325 e. The van der Waals surface area contributed by atoms with Crippen molar-refractivity contribution in [3.63, 3.8) is 0 Å². The Balaban J connectivity index is 3.64. The highest BCUT2D eigenvalue weighted by molar-refractivity contribution is 6.19. The molecule has 1 amide bonds. The van der Waals surface area contributed by atoms with Gasteiger partial charge in [0.25, 0.3) is 0 Å². The van der Waals surface area contributed by atoms with E-state index in [1.807, 2.05) is 0 Å². The second kappa shape index (κ2) is 5.83. The molecule has 12 heavy (non-hydrogen) atoms. The Morgan fingerprint density at radius 1 is 1.58 bits per heavy atom. The first-order chi connectivity index (χ1) is 5.61. The number of carbonyl (C=O) groups excluding carboxylic acids is 2. The summed E-state index contributed by atoms with van der Waals surface area (Å²) in [6.45, 7) is 1.58. The lowest BCUT2D eigenvalue weighted by Gasteiger charge is -2.07. The number of nitrogens with one attached hydrogen (secondary N) is 1. The van der Waals surface area contributed by atoms with Gasteiger partial charge >= 0.3 is 5.97 Å². The molecule has 1 atom stereocenters. The SMILES string of the molecule is COC(=O)CNC(=O)C(C)CCl. The van der Waals surface area contributed by atoms with Gasteiger partial charge in [-0.1, -0.05) is 6.92 Å². The van der Waals surface area contributed by atoms with Gasteiger partial charge in [-0.2, -0.15) is 0 Å². The molecule has 0 heterocycles. The van der Waals surface area contributed by atoms with Crippen molar-refractivity contribution < 1.29 is 14.3 Å². The molecule has 0 aliphatic carbocycles. The first-order valence-corrected chi connectivity index (χ1v) is 4.05. The molecule has 70 valence electrons. The summed E-state index contributed by atoms with van der Waals surface area (Å²) in [6.07, 6.45) is 0. The fourth-order valence-corrected chi connectivity index (χ4v) is 0.616. The quantitative estimate of drug-likeness (QED) is 0.511. The summed E-state index contributed by atoms with van der Waals surface area (Å²) in [5.41, 5.74) is 0. The van der Waals surface area contributed by atoms with Crippen molar-refractivity contribution in [2.45, 2.75) is 6.92 Å². The number of amides is 1. The zero-order chi connectivity index (χ0) is 9.56. The highest BCUT2D eigenvalue weighted by atomic mass is 35.5. The average molecular weight is 194 g/mol. The van der Waals surface area contributed by atoms with Crippen LogP contribution in [0.1, 0.15) is 6.92 Å². The maximum atomic E-state index is 11.0. The van der Waals surface area contributed by atoms with Gasteiger partial charge in [-0.25, -0.2) is 0 Å². The Bertz CT molecular complexity index is 172. The summed E-state index contributed by atoms with van der Waals surface area (Å²) >= 11 is 5.42. The predicted molar refractivity (Wildman–Crippen MR) is 44.9 cm³/mol. The van der Waals surface area contributed by atoms with Crippen LogP contribution in [0.15, 0.2) is 0 Å². The predicted octanol–water partition coefficient (Wildman–Crippen LogP) is 0.150. The van der Waals surface area contributed by atoms with E-state index in [0.717, 1.165) is 0 Å². The van der Waals surface area contributed by atoms with Gasteiger partial charge in [0.2, 0.25) is 5.91 Å². The van der Waals surface area contributed by atoms with Gasteiger partial charge in [-0.05, 0) is 0 Å². The summed E-state index contributed by atoms with van der Waals surface area (Å²) in [4.78, 5) is 21.5. The van der Waals surface area contributed by atoms with Crippen molar-refractivity contribution >= 4 is 23.5 Å². The molecule has 1 N–H and O–H groups in total. The Labute approximate surface area is 76.2 Å². The minimum atomic E-state index is -0.467. The minimum Gasteiger partial charge on any atom is -0.468 e. The summed E-state index contributed by atoms with van der Waals surface area (Å²) in [6, 6.07) is 0. The average Bonchev–Trinajstić information content (AvgIpc) is 2.11. The number of rotatable bonds is 4. The number of alkyl halides is 1. The lowest BCUT2D eigenvalue weighted by molar-refractivity contribution is -0.141. The number of hydrogen-bond acceptors (Lipinski definition) is 3. The van der Waals surface area contributed by atoms with Crippen LogP contribution in [0.5, 0.6) is 0 Å². The van der Waals surface area contributed by atoms with Gasteiger partial charge in [0, 0.05) is 11.8 Å². The molecule has 4 nitrogen and oxygen atoms in total. The van der Waals surface area contributed by atoms with Gasteiger partial charge in [-0.3, -0.25) is 9.59 Å². The third-order valence-corrected chi connectivity index (χ3v) is 1.78. The maximum absolute atomic E-state index is 11.0. The van der Waals surface area contributed by atoms with Crippen molar-refractivity contribution in [2.75, 3.05) is 19.5 Å². The minimum absolute atomic E-state index is 0.101. The van der Waals surface area contributed by atoms with E-state index in [-0.39, 0.29) is 24.2 Å². The standard InChI is InChI=1S/C7H12ClNO3/c1-5(3-8)7(11)9-4-6(10)12-2/h5H,3-4H2,1-2H3,(H,9,11). The van der Waals surface area contributed by atoms with Crippen LogP contribution in [0.3, 0.4) is 0 Å². The molecule has 0 aromatic rings. The molecule has 0 saturated carbocycles. The van der Waals surface area contributed by atoms with Crippen molar-refractivity contribution in [1.82, 2.24) is 5.32 Å². The number of halogens is 1. The molecule has 0 rings (SSSR count). The van der Waals surface area contributed by atoms with Crippen molar-refractivity contribution in [1.29, 1.82) is 0 Å². The molecule has 5 heteroatoms. The van der Waals surface area contributed by atoms with Gasteiger partial charge in [0.1, 0.15) is 6.54 Å². The number of hydrogen-bond donors (Lipinski definition) is 1. The number of esters is 1. The lowest BCUT2D eigenvalue weighted by atomic mass is 10.2. The first-order valence-electron chi connectivity index (χ1n) is 3.52. The van der Waals surface area contributed by atoms with Crippen LogP contribution in [-0.4, -0.2) is 31.4 Å². The molecular weight excluding hydrogens is 182 g/mol. The molecule has 0 spiro atoms. The third-order valence-electron chi connectivity index (χ3n) is 1.31. The Morgan fingerprint density at radius 2 is 2.17 bits per heavy atom. The molecule has 0 bridgehead atoms. The van der Waals surface area contributed by atoms with Crippen LogP contribution in [0.4, 0.5) is 0 Å². The fourth-order valence-electron chi connectivity index (χ4n) is 0.476. The highest BCUT2D eigenvalue weighted by Gasteiger charge is 2.11. The Kier molecular flexibility index (Phi) is 5.45.